The molecule has 1 aromatic carbocycles. The first kappa shape index (κ1) is 32.2. The van der Waals surface area contributed by atoms with Gasteiger partial charge in [-0.15, -0.1) is 10.3 Å². The van der Waals surface area contributed by atoms with Gasteiger partial charge in [0.1, 0.15) is 0 Å². The van der Waals surface area contributed by atoms with Gasteiger partial charge in [0.2, 0.25) is 0 Å². The summed E-state index contributed by atoms with van der Waals surface area (Å²) in [6, 6.07) is 1.87. The van der Waals surface area contributed by atoms with E-state index in [1.165, 1.54) is 0 Å². The standard InChI is InChI=1S/C16H12F14O4S2/c1-35(2,7-10(31)8-3-5-9(6-4-8)11(17,18)19)34-36(32,33)16(29,30)14(24,25)12(20,21)13(22,23)15(26,27)28/h3-6H,7H2,1-2H3. The van der Waals surface area contributed by atoms with Crippen LogP contribution in [0.3, 0.4) is 0 Å². The largest absolute Gasteiger partial charge is 0.460 e. The van der Waals surface area contributed by atoms with Gasteiger partial charge in [-0.25, -0.2) is 3.63 Å². The minimum atomic E-state index is -8.01. The summed E-state index contributed by atoms with van der Waals surface area (Å²) in [5, 5.41) is -7.39. The molecule has 0 aliphatic rings. The highest BCUT2D eigenvalue weighted by molar-refractivity contribution is 8.32. The van der Waals surface area contributed by atoms with E-state index in [-0.39, 0.29) is 0 Å². The lowest BCUT2D eigenvalue weighted by Crippen LogP contribution is -2.68. The van der Waals surface area contributed by atoms with Crippen molar-refractivity contribution in [1.29, 1.82) is 0 Å². The molecule has 0 saturated carbocycles. The summed E-state index contributed by atoms with van der Waals surface area (Å²) < 4.78 is 209. The summed E-state index contributed by atoms with van der Waals surface area (Å²) in [5.41, 5.74) is -1.85. The van der Waals surface area contributed by atoms with Crippen LogP contribution in [0.5, 0.6) is 0 Å². The van der Waals surface area contributed by atoms with Crippen LogP contribution in [0.1, 0.15) is 15.9 Å². The third-order valence-electron chi connectivity index (χ3n) is 4.11. The number of carbonyl (C=O) groups is 1. The van der Waals surface area contributed by atoms with Crippen molar-refractivity contribution in [3.05, 3.63) is 35.4 Å². The highest BCUT2D eigenvalue weighted by Crippen LogP contribution is 2.60. The molecule has 0 N–H and O–H groups in total. The highest BCUT2D eigenvalue weighted by atomic mass is 32.3. The molecule has 0 saturated heterocycles. The molecular weight excluding hydrogens is 586 g/mol. The smallest absolute Gasteiger partial charge is 0.293 e. The van der Waals surface area contributed by atoms with Crippen LogP contribution < -0.4 is 0 Å². The molecule has 4 nitrogen and oxygen atoms in total. The number of ketones is 1. The highest BCUT2D eigenvalue weighted by Gasteiger charge is 2.90. The van der Waals surface area contributed by atoms with Crippen LogP contribution in [0, 0.1) is 0 Å². The molecule has 1 rings (SSSR count). The lowest BCUT2D eigenvalue weighted by Gasteiger charge is -2.38. The number of carbonyl (C=O) groups excluding carboxylic acids is 1. The Morgan fingerprint density at radius 3 is 1.50 bits per heavy atom. The van der Waals surface area contributed by atoms with Crippen LogP contribution in [0.15, 0.2) is 24.3 Å². The number of rotatable bonds is 9. The molecule has 0 atom stereocenters. The van der Waals surface area contributed by atoms with E-state index >= 15 is 0 Å². The first-order valence-electron chi connectivity index (χ1n) is 8.50. The number of hydrogen-bond acceptors (Lipinski definition) is 4. The summed E-state index contributed by atoms with van der Waals surface area (Å²) in [6.07, 6.45) is -11.4. The number of halogens is 14. The van der Waals surface area contributed by atoms with Gasteiger partial charge in [0.25, 0.3) is 0 Å². The Morgan fingerprint density at radius 1 is 0.722 bits per heavy atom. The summed E-state index contributed by atoms with van der Waals surface area (Å²) in [4.78, 5) is 12.1. The third-order valence-corrected chi connectivity index (χ3v) is 8.14. The van der Waals surface area contributed by atoms with Gasteiger partial charge in [-0.2, -0.15) is 69.9 Å². The second kappa shape index (κ2) is 9.17. The molecule has 0 bridgehead atoms. The van der Waals surface area contributed by atoms with Crippen molar-refractivity contribution in [1.82, 2.24) is 0 Å². The fourth-order valence-corrected chi connectivity index (χ4v) is 5.98. The van der Waals surface area contributed by atoms with Crippen LogP contribution >= 0.6 is 10.3 Å². The summed E-state index contributed by atoms with van der Waals surface area (Å²) in [6.45, 7) is 0. The first-order valence-corrected chi connectivity index (χ1v) is 12.5. The third kappa shape index (κ3) is 5.68. The predicted octanol–water partition coefficient (Wildman–Crippen LogP) is 6.27. The van der Waals surface area contributed by atoms with Gasteiger partial charge in [0.15, 0.2) is 5.78 Å². The van der Waals surface area contributed by atoms with Crippen LogP contribution in [0.25, 0.3) is 0 Å². The number of benzene rings is 1. The molecule has 0 unspecified atom stereocenters. The van der Waals surface area contributed by atoms with Crippen LogP contribution in [-0.2, 0) is 19.9 Å². The first-order chi connectivity index (χ1) is 15.6. The average molecular weight is 598 g/mol. The fraction of sp³-hybridized carbons (Fsp3) is 0.562. The Morgan fingerprint density at radius 2 is 1.14 bits per heavy atom. The maximum Gasteiger partial charge on any atom is 0.460 e. The van der Waals surface area contributed by atoms with Crippen LogP contribution in [0.4, 0.5) is 61.5 Å². The second-order valence-corrected chi connectivity index (χ2v) is 12.5. The molecule has 0 spiro atoms. The maximum absolute atomic E-state index is 13.9. The molecule has 0 aliphatic carbocycles. The molecule has 1 aromatic rings. The molecule has 36 heavy (non-hydrogen) atoms. The van der Waals surface area contributed by atoms with Crippen molar-refractivity contribution in [3.63, 3.8) is 0 Å². The molecular formula is C16H12F14O4S2. The van der Waals surface area contributed by atoms with E-state index in [0.717, 1.165) is 0 Å². The molecule has 0 fully saturated rings. The van der Waals surface area contributed by atoms with Gasteiger partial charge in [-0.3, -0.25) is 4.79 Å². The summed E-state index contributed by atoms with van der Waals surface area (Å²) in [7, 11) is -11.4. The van der Waals surface area contributed by atoms with Gasteiger partial charge < -0.3 is 0 Å². The molecule has 0 radical (unpaired) electrons. The maximum atomic E-state index is 13.9. The van der Waals surface area contributed by atoms with Crippen LogP contribution in [-0.4, -0.2) is 61.7 Å². The quantitative estimate of drug-likeness (QED) is 0.248. The van der Waals surface area contributed by atoms with E-state index in [4.69, 9.17) is 0 Å². The van der Waals surface area contributed by atoms with Gasteiger partial charge in [0.05, 0.1) is 11.3 Å². The zero-order chi connectivity index (χ0) is 29.0. The van der Waals surface area contributed by atoms with Crippen molar-refractivity contribution < 1.29 is 78.3 Å². The fourth-order valence-electron chi connectivity index (χ4n) is 2.27. The van der Waals surface area contributed by atoms with Gasteiger partial charge in [-0.1, -0.05) is 12.1 Å². The molecule has 0 aliphatic heterocycles. The van der Waals surface area contributed by atoms with E-state index in [9.17, 15) is 74.7 Å². The lowest BCUT2D eigenvalue weighted by molar-refractivity contribution is -0.413. The zero-order valence-corrected chi connectivity index (χ0v) is 18.9. The van der Waals surface area contributed by atoms with Crippen molar-refractivity contribution in [2.24, 2.45) is 0 Å². The molecule has 0 amide bonds. The Kier molecular flexibility index (Phi) is 8.21. The number of alkyl halides is 14. The minimum absolute atomic E-state index is 0.380. The SMILES string of the molecule is CS(C)(CC(=O)c1ccc(C(F)(F)F)cc1)OS(=O)(=O)C(F)(F)C(F)(F)C(F)(F)C(F)(F)C(F)(F)F. The average Bonchev–Trinajstić information content (AvgIpc) is 2.64. The van der Waals surface area contributed by atoms with E-state index < -0.39 is 78.5 Å². The topological polar surface area (TPSA) is 60.4 Å². The molecule has 20 heteroatoms. The Balaban J connectivity index is 3.28. The molecule has 0 aromatic heterocycles. The summed E-state index contributed by atoms with van der Waals surface area (Å²) in [5.74, 6) is -26.4. The van der Waals surface area contributed by atoms with Gasteiger partial charge >= 0.3 is 45.5 Å². The number of Topliss-reactive ketones (excluding diaryl/α,β-unsaturated/α-hetero) is 1. The van der Waals surface area contributed by atoms with E-state index in [0.29, 0.717) is 36.8 Å². The normalized spacial score (nSPS) is 15.7. The second-order valence-electron chi connectivity index (χ2n) is 7.34. The molecule has 210 valence electrons. The van der Waals surface area contributed by atoms with Crippen molar-refractivity contribution in [3.8, 4) is 0 Å². The van der Waals surface area contributed by atoms with Crippen LogP contribution in [0.2, 0.25) is 0 Å². The van der Waals surface area contributed by atoms with E-state index in [2.05, 4.69) is 3.63 Å². The van der Waals surface area contributed by atoms with Crippen molar-refractivity contribution >= 4 is 26.2 Å². The monoisotopic (exact) mass is 598 g/mol. The van der Waals surface area contributed by atoms with Gasteiger partial charge in [-0.05, 0) is 24.6 Å². The minimum Gasteiger partial charge on any atom is -0.293 e. The zero-order valence-electron chi connectivity index (χ0n) is 17.3. The van der Waals surface area contributed by atoms with Crippen molar-refractivity contribution in [2.45, 2.75) is 35.4 Å². The predicted molar refractivity (Wildman–Crippen MR) is 95.9 cm³/mol. The molecule has 0 heterocycles. The Hall–Kier alpha value is -1.83. The lowest BCUT2D eigenvalue weighted by atomic mass is 10.0. The summed E-state index contributed by atoms with van der Waals surface area (Å²) >= 11 is 0. The van der Waals surface area contributed by atoms with Crippen molar-refractivity contribution in [2.75, 3.05) is 18.3 Å². The van der Waals surface area contributed by atoms with Gasteiger partial charge in [0, 0.05) is 5.56 Å². The Bertz CT molecular complexity index is 1070. The Labute approximate surface area is 194 Å². The van der Waals surface area contributed by atoms with E-state index in [1.54, 1.807) is 0 Å². The number of hydrogen-bond donors (Lipinski definition) is 0. The van der Waals surface area contributed by atoms with E-state index in [1.807, 2.05) is 0 Å².